The smallest absolute Gasteiger partial charge is 0.169 e. The summed E-state index contributed by atoms with van der Waals surface area (Å²) < 4.78 is 7.62. The van der Waals surface area contributed by atoms with E-state index in [1.54, 1.807) is 0 Å². The van der Waals surface area contributed by atoms with E-state index in [-0.39, 0.29) is 0 Å². The second-order valence-corrected chi connectivity index (χ2v) is 5.88. The zero-order valence-electron chi connectivity index (χ0n) is 11.0. The molecule has 5 nitrogen and oxygen atoms in total. The second kappa shape index (κ2) is 4.38. The largest absolute Gasteiger partial charge is 0.493 e. The zero-order chi connectivity index (χ0) is 13.7. The number of halogens is 1. The summed E-state index contributed by atoms with van der Waals surface area (Å²) in [6.07, 6.45) is 3.25. The lowest BCUT2D eigenvalue weighted by atomic mass is 10.1. The molecule has 2 N–H and O–H groups in total. The first kappa shape index (κ1) is 12.0. The summed E-state index contributed by atoms with van der Waals surface area (Å²) in [7, 11) is 0. The van der Waals surface area contributed by atoms with Crippen LogP contribution in [0, 0.1) is 0 Å². The van der Waals surface area contributed by atoms with Crippen LogP contribution in [0.25, 0.3) is 0 Å². The van der Waals surface area contributed by atoms with E-state index in [4.69, 9.17) is 22.1 Å². The summed E-state index contributed by atoms with van der Waals surface area (Å²) >= 11 is 6.19. The van der Waals surface area contributed by atoms with Crippen molar-refractivity contribution >= 4 is 17.4 Å². The molecule has 2 aliphatic rings. The predicted molar refractivity (Wildman–Crippen MR) is 76.2 cm³/mol. The molecule has 0 amide bonds. The molecule has 0 spiro atoms. The van der Waals surface area contributed by atoms with Gasteiger partial charge in [-0.2, -0.15) is 0 Å². The summed E-state index contributed by atoms with van der Waals surface area (Å²) in [6, 6.07) is 3.92. The molecule has 1 aliphatic carbocycles. The highest BCUT2D eigenvalue weighted by molar-refractivity contribution is 6.30. The molecule has 1 aromatic heterocycles. The summed E-state index contributed by atoms with van der Waals surface area (Å²) in [5.41, 5.74) is 9.21. The monoisotopic (exact) mass is 290 g/mol. The van der Waals surface area contributed by atoms with Crippen molar-refractivity contribution in [3.05, 3.63) is 34.0 Å². The Labute approximate surface area is 121 Å². The van der Waals surface area contributed by atoms with Crippen LogP contribution in [0.2, 0.25) is 5.02 Å². The van der Waals surface area contributed by atoms with Gasteiger partial charge in [-0.15, -0.1) is 5.10 Å². The van der Waals surface area contributed by atoms with Crippen LogP contribution in [-0.2, 0) is 13.0 Å². The highest BCUT2D eigenvalue weighted by Gasteiger charge is 2.31. The number of rotatable bonds is 3. The molecule has 1 aromatic carbocycles. The maximum Gasteiger partial charge on any atom is 0.169 e. The van der Waals surface area contributed by atoms with Crippen molar-refractivity contribution in [1.82, 2.24) is 15.0 Å². The predicted octanol–water partition coefficient (Wildman–Crippen LogP) is 2.37. The molecule has 0 unspecified atom stereocenters. The van der Waals surface area contributed by atoms with Gasteiger partial charge in [0.05, 0.1) is 18.8 Å². The van der Waals surface area contributed by atoms with Gasteiger partial charge in [0.1, 0.15) is 5.75 Å². The standard InChI is InChI=1S/C14H15ClN4O/c15-11-5-9-3-4-20-13(9)10(6-11)7-19-12(8-1-2-8)14(16)17-18-19/h5-6,8H,1-4,7,16H2. The third-order valence-electron chi connectivity index (χ3n) is 3.91. The molecule has 4 rings (SSSR count). The van der Waals surface area contributed by atoms with Gasteiger partial charge in [0.15, 0.2) is 5.82 Å². The third-order valence-corrected chi connectivity index (χ3v) is 4.13. The quantitative estimate of drug-likeness (QED) is 0.942. The molecular formula is C14H15ClN4O. The van der Waals surface area contributed by atoms with Crippen LogP contribution < -0.4 is 10.5 Å². The molecule has 20 heavy (non-hydrogen) atoms. The van der Waals surface area contributed by atoms with Crippen LogP contribution in [0.5, 0.6) is 5.75 Å². The summed E-state index contributed by atoms with van der Waals surface area (Å²) in [6.45, 7) is 1.33. The number of ether oxygens (including phenoxy) is 1. The van der Waals surface area contributed by atoms with Crippen molar-refractivity contribution < 1.29 is 4.74 Å². The molecule has 1 aliphatic heterocycles. The topological polar surface area (TPSA) is 66.0 Å². The van der Waals surface area contributed by atoms with Gasteiger partial charge in [-0.25, -0.2) is 4.68 Å². The van der Waals surface area contributed by atoms with Crippen molar-refractivity contribution in [2.75, 3.05) is 12.3 Å². The van der Waals surface area contributed by atoms with E-state index in [0.717, 1.165) is 35.1 Å². The van der Waals surface area contributed by atoms with Gasteiger partial charge >= 0.3 is 0 Å². The summed E-state index contributed by atoms with van der Waals surface area (Å²) in [4.78, 5) is 0. The minimum Gasteiger partial charge on any atom is -0.493 e. The average molecular weight is 291 g/mol. The van der Waals surface area contributed by atoms with Gasteiger partial charge in [-0.05, 0) is 30.5 Å². The van der Waals surface area contributed by atoms with Crippen LogP contribution in [0.15, 0.2) is 12.1 Å². The Balaban J connectivity index is 1.73. The molecule has 0 saturated heterocycles. The number of benzene rings is 1. The lowest BCUT2D eigenvalue weighted by Crippen LogP contribution is -2.08. The Kier molecular flexibility index (Phi) is 2.63. The van der Waals surface area contributed by atoms with E-state index in [1.165, 1.54) is 18.4 Å². The van der Waals surface area contributed by atoms with Crippen molar-refractivity contribution in [3.63, 3.8) is 0 Å². The van der Waals surface area contributed by atoms with Crippen molar-refractivity contribution in [1.29, 1.82) is 0 Å². The summed E-state index contributed by atoms with van der Waals surface area (Å²) in [5.74, 6) is 2.01. The molecule has 0 atom stereocenters. The molecule has 0 radical (unpaired) electrons. The number of anilines is 1. The Morgan fingerprint density at radius 3 is 3.05 bits per heavy atom. The van der Waals surface area contributed by atoms with Gasteiger partial charge in [0, 0.05) is 22.9 Å². The van der Waals surface area contributed by atoms with Gasteiger partial charge in [-0.1, -0.05) is 16.8 Å². The molecule has 0 bridgehead atoms. The molecular weight excluding hydrogens is 276 g/mol. The van der Waals surface area contributed by atoms with E-state index >= 15 is 0 Å². The number of nitrogen functional groups attached to an aromatic ring is 1. The van der Waals surface area contributed by atoms with Crippen molar-refractivity contribution in [2.45, 2.75) is 31.7 Å². The molecule has 104 valence electrons. The Morgan fingerprint density at radius 1 is 1.40 bits per heavy atom. The minimum absolute atomic E-state index is 0.512. The molecule has 1 saturated carbocycles. The van der Waals surface area contributed by atoms with Gasteiger partial charge < -0.3 is 10.5 Å². The maximum atomic E-state index is 6.19. The fourth-order valence-electron chi connectivity index (χ4n) is 2.85. The Hall–Kier alpha value is -1.75. The van der Waals surface area contributed by atoms with E-state index in [2.05, 4.69) is 10.3 Å². The van der Waals surface area contributed by atoms with E-state index < -0.39 is 0 Å². The van der Waals surface area contributed by atoms with Crippen LogP contribution >= 0.6 is 11.6 Å². The molecule has 6 heteroatoms. The average Bonchev–Trinajstić information content (AvgIpc) is 3.01. The third kappa shape index (κ3) is 1.93. The highest BCUT2D eigenvalue weighted by atomic mass is 35.5. The second-order valence-electron chi connectivity index (χ2n) is 5.44. The van der Waals surface area contributed by atoms with Crippen LogP contribution in [0.4, 0.5) is 5.82 Å². The molecule has 2 heterocycles. The lowest BCUT2D eigenvalue weighted by Gasteiger charge is -2.11. The van der Waals surface area contributed by atoms with E-state index in [1.807, 2.05) is 16.8 Å². The number of nitrogens with two attached hydrogens (primary N) is 1. The van der Waals surface area contributed by atoms with Gasteiger partial charge in [0.25, 0.3) is 0 Å². The van der Waals surface area contributed by atoms with Gasteiger partial charge in [-0.3, -0.25) is 0 Å². The van der Waals surface area contributed by atoms with Crippen molar-refractivity contribution in [3.8, 4) is 5.75 Å². The fourth-order valence-corrected chi connectivity index (χ4v) is 3.12. The maximum absolute atomic E-state index is 6.19. The van der Waals surface area contributed by atoms with Crippen LogP contribution in [-0.4, -0.2) is 21.6 Å². The van der Waals surface area contributed by atoms with Gasteiger partial charge in [0.2, 0.25) is 0 Å². The minimum atomic E-state index is 0.512. The fraction of sp³-hybridized carbons (Fsp3) is 0.429. The van der Waals surface area contributed by atoms with Crippen LogP contribution in [0.3, 0.4) is 0 Å². The normalized spacial score (nSPS) is 17.1. The first-order chi connectivity index (χ1) is 9.72. The van der Waals surface area contributed by atoms with E-state index in [9.17, 15) is 0 Å². The first-order valence-corrected chi connectivity index (χ1v) is 7.23. The Morgan fingerprint density at radius 2 is 2.25 bits per heavy atom. The number of hydrogen-bond acceptors (Lipinski definition) is 4. The van der Waals surface area contributed by atoms with Crippen molar-refractivity contribution in [2.24, 2.45) is 0 Å². The van der Waals surface area contributed by atoms with E-state index in [0.29, 0.717) is 18.3 Å². The number of fused-ring (bicyclic) bond motifs is 1. The number of nitrogens with zero attached hydrogens (tertiary/aromatic N) is 3. The van der Waals surface area contributed by atoms with Crippen LogP contribution in [0.1, 0.15) is 35.6 Å². The SMILES string of the molecule is Nc1nnn(Cc2cc(Cl)cc3c2OCC3)c1C1CC1. The molecule has 1 fully saturated rings. The Bertz CT molecular complexity index is 678. The lowest BCUT2D eigenvalue weighted by molar-refractivity contribution is 0.352. The summed E-state index contributed by atoms with van der Waals surface area (Å²) in [5, 5.41) is 8.92. The number of hydrogen-bond donors (Lipinski definition) is 1. The first-order valence-electron chi connectivity index (χ1n) is 6.85. The zero-order valence-corrected chi connectivity index (χ0v) is 11.7. The molecule has 2 aromatic rings. The number of aromatic nitrogens is 3. The highest BCUT2D eigenvalue weighted by Crippen LogP contribution is 2.42.